The lowest BCUT2D eigenvalue weighted by Crippen LogP contribution is -2.43. The lowest BCUT2D eigenvalue weighted by atomic mass is 10.1. The molecule has 3 heterocycles. The van der Waals surface area contributed by atoms with Crippen LogP contribution < -0.4 is 16.7 Å². The average molecular weight is 606 g/mol. The first kappa shape index (κ1) is 28.4. The second kappa shape index (κ2) is 10.7. The van der Waals surface area contributed by atoms with Gasteiger partial charge in [0.1, 0.15) is 6.33 Å². The van der Waals surface area contributed by atoms with Crippen LogP contribution >= 0.6 is 23.2 Å². The van der Waals surface area contributed by atoms with Crippen LogP contribution in [0.25, 0.3) is 10.9 Å². The standard InChI is InChI=1S/C25H23Cl2F2N9O3/c1-25(2,41)11-36-9-14-6-19(15(26)7-18(14)33-36)31-22-32-23(39)38(10-20-30-12-35(3)34-20)24(40)37(22)8-13-4-16(27)21(29)17(28)5-13/h4-7,9,12,41H,8,10-11H2,1-3H3,(H,31,32,39). The third-order valence-corrected chi connectivity index (χ3v) is 6.50. The van der Waals surface area contributed by atoms with Crippen LogP contribution in [0.4, 0.5) is 20.4 Å². The molecule has 3 aromatic heterocycles. The van der Waals surface area contributed by atoms with Crippen LogP contribution in [0.2, 0.25) is 10.0 Å². The Bertz CT molecular complexity index is 1880. The Morgan fingerprint density at radius 3 is 2.44 bits per heavy atom. The zero-order chi connectivity index (χ0) is 29.6. The molecule has 2 aromatic carbocycles. The molecule has 0 fully saturated rings. The first-order chi connectivity index (χ1) is 19.3. The number of benzene rings is 2. The molecule has 0 radical (unpaired) electrons. The second-order valence-electron chi connectivity index (χ2n) is 10.0. The van der Waals surface area contributed by atoms with Gasteiger partial charge in [-0.1, -0.05) is 23.2 Å². The van der Waals surface area contributed by atoms with E-state index in [0.29, 0.717) is 10.9 Å². The Morgan fingerprint density at radius 1 is 1.02 bits per heavy atom. The van der Waals surface area contributed by atoms with E-state index in [4.69, 9.17) is 23.2 Å². The molecule has 5 rings (SSSR count). The number of hydrogen-bond acceptors (Lipinski definition) is 8. The Hall–Kier alpha value is -4.14. The van der Waals surface area contributed by atoms with Crippen molar-refractivity contribution in [2.24, 2.45) is 7.05 Å². The summed E-state index contributed by atoms with van der Waals surface area (Å²) in [6.07, 6.45) is 3.11. The van der Waals surface area contributed by atoms with Crippen LogP contribution in [0.5, 0.6) is 0 Å². The molecule has 41 heavy (non-hydrogen) atoms. The molecule has 5 aromatic rings. The van der Waals surface area contributed by atoms with Crippen molar-refractivity contribution >= 4 is 45.7 Å². The minimum absolute atomic E-state index is 0.136. The van der Waals surface area contributed by atoms with Crippen molar-refractivity contribution in [3.63, 3.8) is 0 Å². The summed E-state index contributed by atoms with van der Waals surface area (Å²) < 4.78 is 32.8. The Morgan fingerprint density at radius 2 is 1.78 bits per heavy atom. The van der Waals surface area contributed by atoms with Crippen LogP contribution in [0.3, 0.4) is 0 Å². The fourth-order valence-corrected chi connectivity index (χ4v) is 4.61. The Kier molecular flexibility index (Phi) is 7.40. The maximum atomic E-state index is 14.1. The molecular formula is C25H23Cl2F2N9O3. The average Bonchev–Trinajstić information content (AvgIpc) is 3.45. The van der Waals surface area contributed by atoms with E-state index in [9.17, 15) is 23.5 Å². The minimum Gasteiger partial charge on any atom is -0.389 e. The molecule has 0 aliphatic heterocycles. The number of nitrogens with one attached hydrogen (secondary N) is 1. The van der Waals surface area contributed by atoms with Gasteiger partial charge < -0.3 is 10.4 Å². The van der Waals surface area contributed by atoms with E-state index in [1.54, 1.807) is 43.9 Å². The summed E-state index contributed by atoms with van der Waals surface area (Å²) in [5.41, 5.74) is -1.77. The number of aryl methyl sites for hydroxylation is 1. The van der Waals surface area contributed by atoms with Gasteiger partial charge in [0, 0.05) is 18.6 Å². The highest BCUT2D eigenvalue weighted by Gasteiger charge is 2.20. The molecule has 12 nitrogen and oxygen atoms in total. The number of rotatable bonds is 8. The van der Waals surface area contributed by atoms with Gasteiger partial charge in [0.25, 0.3) is 0 Å². The van der Waals surface area contributed by atoms with Crippen molar-refractivity contribution in [1.82, 2.24) is 38.7 Å². The SMILES string of the molecule is Cn1cnc(Cn2c(=O)nc(Nc3cc4cn(CC(C)(C)O)nc4cc3Cl)n(Cc3cc(F)c(F)c(Cl)c3)c2=O)n1. The molecule has 0 saturated heterocycles. The molecule has 0 saturated carbocycles. The van der Waals surface area contributed by atoms with Gasteiger partial charge in [-0.05, 0) is 43.7 Å². The molecule has 214 valence electrons. The van der Waals surface area contributed by atoms with Gasteiger partial charge in [0.05, 0.1) is 46.5 Å². The molecule has 0 aliphatic carbocycles. The Balaban J connectivity index is 1.60. The number of nitrogens with zero attached hydrogens (tertiary/aromatic N) is 8. The number of aliphatic hydroxyl groups is 1. The van der Waals surface area contributed by atoms with Gasteiger partial charge in [0.15, 0.2) is 17.5 Å². The van der Waals surface area contributed by atoms with Gasteiger partial charge in [-0.3, -0.25) is 13.9 Å². The summed E-state index contributed by atoms with van der Waals surface area (Å²) in [6, 6.07) is 5.27. The zero-order valence-corrected chi connectivity index (χ0v) is 23.5. The molecule has 0 atom stereocenters. The van der Waals surface area contributed by atoms with E-state index in [2.05, 4.69) is 25.5 Å². The van der Waals surface area contributed by atoms with E-state index in [1.165, 1.54) is 17.1 Å². The fraction of sp³-hybridized carbons (Fsp3) is 0.280. The number of hydrogen-bond donors (Lipinski definition) is 2. The van der Waals surface area contributed by atoms with Crippen LogP contribution in [0.1, 0.15) is 25.2 Å². The topological polar surface area (TPSA) is 138 Å². The Labute approximate surface area is 240 Å². The molecule has 16 heteroatoms. The molecule has 0 spiro atoms. The molecule has 0 bridgehead atoms. The minimum atomic E-state index is -1.23. The first-order valence-electron chi connectivity index (χ1n) is 12.1. The van der Waals surface area contributed by atoms with Gasteiger partial charge in [0.2, 0.25) is 5.95 Å². The summed E-state index contributed by atoms with van der Waals surface area (Å²) in [5, 5.41) is 21.9. The van der Waals surface area contributed by atoms with E-state index < -0.39 is 33.6 Å². The second-order valence-corrected chi connectivity index (χ2v) is 10.9. The zero-order valence-electron chi connectivity index (χ0n) is 21.9. The predicted molar refractivity (Wildman–Crippen MR) is 148 cm³/mol. The van der Waals surface area contributed by atoms with Gasteiger partial charge in [-0.25, -0.2) is 27.9 Å². The summed E-state index contributed by atoms with van der Waals surface area (Å²) in [4.78, 5) is 34.7. The molecule has 2 N–H and O–H groups in total. The van der Waals surface area contributed by atoms with Crippen LogP contribution in [-0.2, 0) is 26.7 Å². The molecular weight excluding hydrogens is 583 g/mol. The van der Waals surface area contributed by atoms with Crippen LogP contribution in [-0.4, -0.2) is 49.4 Å². The summed E-state index contributed by atoms with van der Waals surface area (Å²) >= 11 is 12.3. The van der Waals surface area contributed by atoms with E-state index >= 15 is 0 Å². The van der Waals surface area contributed by atoms with Crippen LogP contribution in [0, 0.1) is 11.6 Å². The maximum absolute atomic E-state index is 14.1. The van der Waals surface area contributed by atoms with Crippen molar-refractivity contribution in [2.45, 2.75) is 39.1 Å². The fourth-order valence-electron chi connectivity index (χ4n) is 4.17. The molecule has 0 unspecified atom stereocenters. The number of anilines is 2. The van der Waals surface area contributed by atoms with Crippen molar-refractivity contribution in [2.75, 3.05) is 5.32 Å². The normalized spacial score (nSPS) is 11.9. The van der Waals surface area contributed by atoms with E-state index in [-0.39, 0.29) is 47.7 Å². The summed E-state index contributed by atoms with van der Waals surface area (Å²) in [5.74, 6) is -2.45. The quantitative estimate of drug-likeness (QED) is 0.257. The van der Waals surface area contributed by atoms with Crippen molar-refractivity contribution < 1.29 is 13.9 Å². The van der Waals surface area contributed by atoms with Gasteiger partial charge >= 0.3 is 11.4 Å². The highest BCUT2D eigenvalue weighted by atomic mass is 35.5. The summed E-state index contributed by atoms with van der Waals surface area (Å²) in [7, 11) is 1.63. The number of fused-ring (bicyclic) bond motifs is 1. The van der Waals surface area contributed by atoms with Crippen molar-refractivity contribution in [3.8, 4) is 0 Å². The lowest BCUT2D eigenvalue weighted by molar-refractivity contribution is 0.0580. The third-order valence-electron chi connectivity index (χ3n) is 5.92. The predicted octanol–water partition coefficient (Wildman–Crippen LogP) is 3.08. The van der Waals surface area contributed by atoms with E-state index in [0.717, 1.165) is 15.2 Å². The number of halogens is 4. The highest BCUT2D eigenvalue weighted by Crippen LogP contribution is 2.30. The first-order valence-corrected chi connectivity index (χ1v) is 12.9. The monoisotopic (exact) mass is 605 g/mol. The molecule has 0 amide bonds. The lowest BCUT2D eigenvalue weighted by Gasteiger charge is -2.16. The van der Waals surface area contributed by atoms with Crippen molar-refractivity contribution in [3.05, 3.63) is 90.8 Å². The number of aromatic nitrogens is 8. The summed E-state index contributed by atoms with van der Waals surface area (Å²) in [6.45, 7) is 2.91. The van der Waals surface area contributed by atoms with E-state index in [1.807, 2.05) is 0 Å². The largest absolute Gasteiger partial charge is 0.389 e. The molecule has 0 aliphatic rings. The highest BCUT2D eigenvalue weighted by molar-refractivity contribution is 6.34. The van der Waals surface area contributed by atoms with Gasteiger partial charge in [-0.2, -0.15) is 15.2 Å². The smallest absolute Gasteiger partial charge is 0.355 e. The third kappa shape index (κ3) is 6.14. The van der Waals surface area contributed by atoms with Crippen LogP contribution in [0.15, 0.2) is 46.4 Å². The van der Waals surface area contributed by atoms with Crippen molar-refractivity contribution in [1.29, 1.82) is 0 Å². The van der Waals surface area contributed by atoms with Gasteiger partial charge in [-0.15, -0.1) is 0 Å². The maximum Gasteiger partial charge on any atom is 0.355 e.